The van der Waals surface area contributed by atoms with Gasteiger partial charge in [0.25, 0.3) is 5.91 Å². The van der Waals surface area contributed by atoms with E-state index < -0.39 is 0 Å². The Hall–Kier alpha value is -2.35. The predicted molar refractivity (Wildman–Crippen MR) is 125 cm³/mol. The molecule has 2 aromatic rings. The standard InChI is InChI=1S/C23H24N2O3S2/c26-22-21(30-23(29)25(22)16-18-8-6-12-24-18)15-17-7-4-5-11-20(17)28-14-13-27-19-9-2-1-3-10-19/h1-5,7,9-11,15,18,24H,6,8,12-14,16H2/b21-15-. The maximum Gasteiger partial charge on any atom is 0.266 e. The van der Waals surface area contributed by atoms with Gasteiger partial charge in [0.2, 0.25) is 0 Å². The molecule has 5 nitrogen and oxygen atoms in total. The van der Waals surface area contributed by atoms with E-state index in [0.29, 0.717) is 35.0 Å². The van der Waals surface area contributed by atoms with Crippen molar-refractivity contribution in [2.45, 2.75) is 18.9 Å². The number of hydrogen-bond donors (Lipinski definition) is 1. The van der Waals surface area contributed by atoms with E-state index in [2.05, 4.69) is 5.32 Å². The Morgan fingerprint density at radius 1 is 1.10 bits per heavy atom. The van der Waals surface area contributed by atoms with E-state index in [4.69, 9.17) is 21.7 Å². The summed E-state index contributed by atoms with van der Waals surface area (Å²) in [5, 5.41) is 3.42. The third-order valence-electron chi connectivity index (χ3n) is 5.00. The number of carbonyl (C=O) groups is 1. The number of nitrogens with one attached hydrogen (secondary N) is 1. The van der Waals surface area contributed by atoms with Gasteiger partial charge in [0, 0.05) is 18.2 Å². The quantitative estimate of drug-likeness (QED) is 0.379. The van der Waals surface area contributed by atoms with Gasteiger partial charge in [-0.25, -0.2) is 0 Å². The van der Waals surface area contributed by atoms with Crippen molar-refractivity contribution >= 4 is 40.3 Å². The van der Waals surface area contributed by atoms with Crippen molar-refractivity contribution in [3.8, 4) is 11.5 Å². The van der Waals surface area contributed by atoms with Crippen LogP contribution in [0.15, 0.2) is 59.5 Å². The van der Waals surface area contributed by atoms with E-state index in [1.165, 1.54) is 11.8 Å². The van der Waals surface area contributed by atoms with Crippen LogP contribution in [0, 0.1) is 0 Å². The molecule has 7 heteroatoms. The summed E-state index contributed by atoms with van der Waals surface area (Å²) in [5.74, 6) is 1.51. The minimum Gasteiger partial charge on any atom is -0.490 e. The average Bonchev–Trinajstić information content (AvgIpc) is 3.37. The minimum absolute atomic E-state index is 0.0269. The van der Waals surface area contributed by atoms with Gasteiger partial charge >= 0.3 is 0 Å². The van der Waals surface area contributed by atoms with Crippen molar-refractivity contribution in [2.75, 3.05) is 26.3 Å². The third-order valence-corrected chi connectivity index (χ3v) is 6.38. The summed E-state index contributed by atoms with van der Waals surface area (Å²) in [6.07, 6.45) is 4.10. The molecule has 4 rings (SSSR count). The maximum atomic E-state index is 12.9. The van der Waals surface area contributed by atoms with E-state index in [1.807, 2.05) is 60.7 Å². The average molecular weight is 441 g/mol. The number of rotatable bonds is 8. The molecule has 0 spiro atoms. The molecule has 0 radical (unpaired) electrons. The molecule has 2 aliphatic heterocycles. The van der Waals surface area contributed by atoms with E-state index in [0.717, 1.165) is 36.4 Å². The lowest BCUT2D eigenvalue weighted by Gasteiger charge is -2.19. The third kappa shape index (κ3) is 5.22. The summed E-state index contributed by atoms with van der Waals surface area (Å²) in [5.41, 5.74) is 0.858. The fraction of sp³-hybridized carbons (Fsp3) is 0.304. The SMILES string of the molecule is O=C1/C(=C/c2ccccc2OCCOc2ccccc2)SC(=S)N1CC1CCCN1. The Bertz CT molecular complexity index is 927. The van der Waals surface area contributed by atoms with Crippen molar-refractivity contribution in [2.24, 2.45) is 0 Å². The zero-order valence-corrected chi connectivity index (χ0v) is 18.2. The van der Waals surface area contributed by atoms with Crippen LogP contribution in [0.1, 0.15) is 18.4 Å². The second-order valence-electron chi connectivity index (χ2n) is 7.13. The second kappa shape index (κ2) is 10.1. The fourth-order valence-corrected chi connectivity index (χ4v) is 4.76. The van der Waals surface area contributed by atoms with Gasteiger partial charge in [0.05, 0.1) is 4.91 Å². The summed E-state index contributed by atoms with van der Waals surface area (Å²) in [6, 6.07) is 17.7. The summed E-state index contributed by atoms with van der Waals surface area (Å²) < 4.78 is 12.2. The van der Waals surface area contributed by atoms with Crippen LogP contribution in [0.5, 0.6) is 11.5 Å². The first-order valence-corrected chi connectivity index (χ1v) is 11.3. The zero-order chi connectivity index (χ0) is 20.8. The lowest BCUT2D eigenvalue weighted by atomic mass is 10.1. The van der Waals surface area contributed by atoms with Gasteiger partial charge < -0.3 is 14.8 Å². The number of benzene rings is 2. The van der Waals surface area contributed by atoms with E-state index in [-0.39, 0.29) is 5.91 Å². The number of para-hydroxylation sites is 2. The van der Waals surface area contributed by atoms with Crippen LogP contribution in [0.3, 0.4) is 0 Å². The van der Waals surface area contributed by atoms with Crippen LogP contribution in [0.4, 0.5) is 0 Å². The molecular weight excluding hydrogens is 416 g/mol. The maximum absolute atomic E-state index is 12.9. The molecule has 0 aliphatic carbocycles. The summed E-state index contributed by atoms with van der Waals surface area (Å²) >= 11 is 6.82. The number of thioether (sulfide) groups is 1. The fourth-order valence-electron chi connectivity index (χ4n) is 3.49. The molecule has 1 N–H and O–H groups in total. The molecule has 2 aliphatic rings. The Labute approximate surface area is 186 Å². The van der Waals surface area contributed by atoms with Crippen molar-refractivity contribution in [1.29, 1.82) is 0 Å². The van der Waals surface area contributed by atoms with E-state index in [1.54, 1.807) is 4.90 Å². The first-order chi connectivity index (χ1) is 14.7. The van der Waals surface area contributed by atoms with E-state index >= 15 is 0 Å². The lowest BCUT2D eigenvalue weighted by Crippen LogP contribution is -2.39. The monoisotopic (exact) mass is 440 g/mol. The molecule has 2 heterocycles. The molecule has 0 saturated carbocycles. The molecule has 2 aromatic carbocycles. The lowest BCUT2D eigenvalue weighted by molar-refractivity contribution is -0.122. The summed E-state index contributed by atoms with van der Waals surface area (Å²) in [7, 11) is 0. The van der Waals surface area contributed by atoms with Crippen LogP contribution >= 0.6 is 24.0 Å². The molecule has 1 atom stereocenters. The summed E-state index contributed by atoms with van der Waals surface area (Å²) in [6.45, 7) is 2.49. The van der Waals surface area contributed by atoms with Gasteiger partial charge in [-0.1, -0.05) is 60.4 Å². The van der Waals surface area contributed by atoms with Crippen LogP contribution in [0.2, 0.25) is 0 Å². The van der Waals surface area contributed by atoms with E-state index in [9.17, 15) is 4.79 Å². The number of amides is 1. The largest absolute Gasteiger partial charge is 0.490 e. The van der Waals surface area contributed by atoms with Gasteiger partial charge in [-0.2, -0.15) is 0 Å². The topological polar surface area (TPSA) is 50.8 Å². The normalized spacial score (nSPS) is 20.2. The van der Waals surface area contributed by atoms with Crippen LogP contribution in [-0.2, 0) is 4.79 Å². The molecule has 1 amide bonds. The molecular formula is C23H24N2O3S2. The van der Waals surface area contributed by atoms with Gasteiger partial charge in [-0.3, -0.25) is 9.69 Å². The van der Waals surface area contributed by atoms with Crippen LogP contribution < -0.4 is 14.8 Å². The first-order valence-electron chi connectivity index (χ1n) is 10.1. The number of carbonyl (C=O) groups excluding carboxylic acids is 1. The highest BCUT2D eigenvalue weighted by atomic mass is 32.2. The second-order valence-corrected chi connectivity index (χ2v) is 8.81. The highest BCUT2D eigenvalue weighted by Gasteiger charge is 2.34. The molecule has 0 aromatic heterocycles. The Balaban J connectivity index is 1.38. The molecule has 30 heavy (non-hydrogen) atoms. The van der Waals surface area contributed by atoms with Crippen molar-refractivity contribution in [3.05, 3.63) is 65.1 Å². The number of hydrogen-bond acceptors (Lipinski definition) is 6. The smallest absolute Gasteiger partial charge is 0.266 e. The van der Waals surface area contributed by atoms with Crippen molar-refractivity contribution < 1.29 is 14.3 Å². The van der Waals surface area contributed by atoms with Gasteiger partial charge in [-0.15, -0.1) is 0 Å². The Morgan fingerprint density at radius 2 is 1.87 bits per heavy atom. The number of nitrogens with zero attached hydrogens (tertiary/aromatic N) is 1. The number of thiocarbonyl (C=S) groups is 1. The Morgan fingerprint density at radius 3 is 2.67 bits per heavy atom. The van der Waals surface area contributed by atoms with Crippen LogP contribution in [-0.4, -0.2) is 47.5 Å². The molecule has 1 unspecified atom stereocenters. The van der Waals surface area contributed by atoms with Crippen LogP contribution in [0.25, 0.3) is 6.08 Å². The molecule has 2 saturated heterocycles. The van der Waals surface area contributed by atoms with Gasteiger partial charge in [-0.05, 0) is 43.7 Å². The molecule has 0 bridgehead atoms. The molecule has 2 fully saturated rings. The van der Waals surface area contributed by atoms with Crippen molar-refractivity contribution in [1.82, 2.24) is 10.2 Å². The van der Waals surface area contributed by atoms with Crippen molar-refractivity contribution in [3.63, 3.8) is 0 Å². The highest BCUT2D eigenvalue weighted by molar-refractivity contribution is 8.26. The predicted octanol–water partition coefficient (Wildman–Crippen LogP) is 4.10. The first kappa shape index (κ1) is 20.9. The minimum atomic E-state index is -0.0269. The highest BCUT2D eigenvalue weighted by Crippen LogP contribution is 2.34. The summed E-state index contributed by atoms with van der Waals surface area (Å²) in [4.78, 5) is 15.2. The van der Waals surface area contributed by atoms with Gasteiger partial charge in [0.15, 0.2) is 0 Å². The van der Waals surface area contributed by atoms with Gasteiger partial charge in [0.1, 0.15) is 29.0 Å². The number of ether oxygens (including phenoxy) is 2. The zero-order valence-electron chi connectivity index (χ0n) is 16.6. The molecule has 156 valence electrons. The Kier molecular flexibility index (Phi) is 7.04.